The molecule has 0 fully saturated rings. The third-order valence-corrected chi connectivity index (χ3v) is 2.04. The molecule has 0 atom stereocenters. The predicted molar refractivity (Wildman–Crippen MR) is 62.4 cm³/mol. The predicted octanol–water partition coefficient (Wildman–Crippen LogP) is 2.17. The smallest absolute Gasteiger partial charge is 0.311 e. The van der Waals surface area contributed by atoms with Crippen LogP contribution >= 0.6 is 0 Å². The van der Waals surface area contributed by atoms with Gasteiger partial charge in [0.05, 0.1) is 21.5 Å². The molecule has 0 aromatic heterocycles. The van der Waals surface area contributed by atoms with Crippen LogP contribution in [0.3, 0.4) is 0 Å². The van der Waals surface area contributed by atoms with Crippen molar-refractivity contribution in [3.8, 4) is 0 Å². The summed E-state index contributed by atoms with van der Waals surface area (Å²) in [6.45, 7) is 0. The van der Waals surface area contributed by atoms with Crippen LogP contribution in [0.1, 0.15) is 5.56 Å². The second-order valence-corrected chi connectivity index (χ2v) is 3.66. The summed E-state index contributed by atoms with van der Waals surface area (Å²) < 4.78 is 13.4. The van der Waals surface area contributed by atoms with Crippen molar-refractivity contribution in [2.45, 2.75) is 0 Å². The van der Waals surface area contributed by atoms with Gasteiger partial charge in [-0.2, -0.15) is 4.39 Å². The topological polar surface area (TPSA) is 89.5 Å². The molecule has 7 nitrogen and oxygen atoms in total. The van der Waals surface area contributed by atoms with E-state index in [0.717, 1.165) is 6.07 Å². The summed E-state index contributed by atoms with van der Waals surface area (Å²) >= 11 is 0. The van der Waals surface area contributed by atoms with Crippen molar-refractivity contribution >= 4 is 17.5 Å². The lowest BCUT2D eigenvalue weighted by Gasteiger charge is -2.04. The van der Waals surface area contributed by atoms with Gasteiger partial charge in [0.15, 0.2) is 0 Å². The Morgan fingerprint density at radius 2 is 1.72 bits per heavy atom. The first-order valence-electron chi connectivity index (χ1n) is 4.80. The van der Waals surface area contributed by atoms with Crippen LogP contribution in [0.15, 0.2) is 18.3 Å². The fraction of sp³-hybridized carbons (Fsp3) is 0.200. The molecule has 0 unspecified atom stereocenters. The fourth-order valence-electron chi connectivity index (χ4n) is 1.23. The highest BCUT2D eigenvalue weighted by atomic mass is 19.1. The molecule has 0 aliphatic carbocycles. The summed E-state index contributed by atoms with van der Waals surface area (Å²) in [4.78, 5) is 21.1. The van der Waals surface area contributed by atoms with Gasteiger partial charge in [0, 0.05) is 14.1 Å². The Kier molecular flexibility index (Phi) is 3.93. The van der Waals surface area contributed by atoms with Crippen LogP contribution in [0.4, 0.5) is 15.8 Å². The van der Waals surface area contributed by atoms with E-state index in [1.54, 1.807) is 19.0 Å². The molecular formula is C10H10FN3O4. The van der Waals surface area contributed by atoms with Crippen LogP contribution in [-0.4, -0.2) is 28.8 Å². The van der Waals surface area contributed by atoms with E-state index >= 15 is 0 Å². The molecule has 1 aromatic rings. The lowest BCUT2D eigenvalue weighted by atomic mass is 10.1. The van der Waals surface area contributed by atoms with E-state index in [0.29, 0.717) is 6.07 Å². The van der Waals surface area contributed by atoms with Gasteiger partial charge in [-0.05, 0) is 18.3 Å². The Morgan fingerprint density at radius 1 is 1.17 bits per heavy atom. The third kappa shape index (κ3) is 3.00. The van der Waals surface area contributed by atoms with Crippen molar-refractivity contribution < 1.29 is 14.2 Å². The van der Waals surface area contributed by atoms with Gasteiger partial charge in [-0.25, -0.2) is 0 Å². The van der Waals surface area contributed by atoms with Gasteiger partial charge in [0.1, 0.15) is 0 Å². The van der Waals surface area contributed by atoms with Crippen LogP contribution in [0.2, 0.25) is 0 Å². The highest BCUT2D eigenvalue weighted by Crippen LogP contribution is 2.28. The molecule has 0 heterocycles. The molecule has 96 valence electrons. The van der Waals surface area contributed by atoms with E-state index in [2.05, 4.69) is 0 Å². The SMILES string of the molecule is CN(C)C=Cc1cc(F)c([N+](=O)[O-])cc1[N+](=O)[O-]. The highest BCUT2D eigenvalue weighted by Gasteiger charge is 2.23. The van der Waals surface area contributed by atoms with E-state index in [9.17, 15) is 24.6 Å². The maximum absolute atomic E-state index is 13.4. The average Bonchev–Trinajstić information content (AvgIpc) is 2.25. The minimum atomic E-state index is -1.11. The molecule has 1 rings (SSSR count). The van der Waals surface area contributed by atoms with E-state index in [1.165, 1.54) is 12.3 Å². The standard InChI is InChI=1S/C10H10FN3O4/c1-12(2)4-3-7-5-8(11)10(14(17)18)6-9(7)13(15)16/h3-6H,1-2H3. The first kappa shape index (κ1) is 13.6. The largest absolute Gasteiger partial charge is 0.383 e. The molecule has 0 radical (unpaired) electrons. The minimum Gasteiger partial charge on any atom is -0.383 e. The third-order valence-electron chi connectivity index (χ3n) is 2.04. The molecule has 0 spiro atoms. The van der Waals surface area contributed by atoms with E-state index in [-0.39, 0.29) is 5.56 Å². The van der Waals surface area contributed by atoms with E-state index in [4.69, 9.17) is 0 Å². The van der Waals surface area contributed by atoms with Crippen molar-refractivity contribution in [2.24, 2.45) is 0 Å². The first-order valence-corrected chi connectivity index (χ1v) is 4.80. The zero-order valence-electron chi connectivity index (χ0n) is 9.66. The van der Waals surface area contributed by atoms with Gasteiger partial charge in [0.25, 0.3) is 5.69 Å². The van der Waals surface area contributed by atoms with Gasteiger partial charge in [-0.15, -0.1) is 0 Å². The first-order chi connectivity index (χ1) is 8.32. The molecule has 0 saturated carbocycles. The maximum Gasteiger partial charge on any atom is 0.311 e. The van der Waals surface area contributed by atoms with Crippen molar-refractivity contribution in [2.75, 3.05) is 14.1 Å². The monoisotopic (exact) mass is 255 g/mol. The summed E-state index contributed by atoms with van der Waals surface area (Å²) in [5.74, 6) is -1.11. The molecule has 18 heavy (non-hydrogen) atoms. The highest BCUT2D eigenvalue weighted by molar-refractivity contribution is 5.64. The van der Waals surface area contributed by atoms with Crippen molar-refractivity contribution in [3.05, 3.63) is 49.9 Å². The molecular weight excluding hydrogens is 245 g/mol. The van der Waals surface area contributed by atoms with E-state index < -0.39 is 27.0 Å². The lowest BCUT2D eigenvalue weighted by molar-refractivity contribution is -0.395. The lowest BCUT2D eigenvalue weighted by Crippen LogP contribution is -2.01. The van der Waals surface area contributed by atoms with Crippen LogP contribution in [0.5, 0.6) is 0 Å². The van der Waals surface area contributed by atoms with Gasteiger partial charge >= 0.3 is 5.69 Å². The number of hydrogen-bond donors (Lipinski definition) is 0. The summed E-state index contributed by atoms with van der Waals surface area (Å²) in [6.07, 6.45) is 2.79. The zero-order chi connectivity index (χ0) is 13.9. The Hall–Kier alpha value is -2.51. The second-order valence-electron chi connectivity index (χ2n) is 3.66. The molecule has 0 N–H and O–H groups in total. The average molecular weight is 255 g/mol. The van der Waals surface area contributed by atoms with Crippen LogP contribution in [0, 0.1) is 26.0 Å². The summed E-state index contributed by atoms with van der Waals surface area (Å²) in [6, 6.07) is 1.39. The molecule has 0 aliphatic heterocycles. The molecule has 8 heteroatoms. The number of nitro benzene ring substituents is 2. The van der Waals surface area contributed by atoms with Gasteiger partial charge in [0.2, 0.25) is 5.82 Å². The molecule has 0 bridgehead atoms. The van der Waals surface area contributed by atoms with Crippen molar-refractivity contribution in [1.29, 1.82) is 0 Å². The fourth-order valence-corrected chi connectivity index (χ4v) is 1.23. The van der Waals surface area contributed by atoms with Crippen molar-refractivity contribution in [1.82, 2.24) is 4.90 Å². The number of rotatable bonds is 4. The van der Waals surface area contributed by atoms with Crippen LogP contribution in [-0.2, 0) is 0 Å². The molecule has 1 aromatic carbocycles. The zero-order valence-corrected chi connectivity index (χ0v) is 9.66. The number of hydrogen-bond acceptors (Lipinski definition) is 5. The Labute approximate surface area is 101 Å². The summed E-state index contributed by atoms with van der Waals surface area (Å²) in [5, 5.41) is 21.3. The normalized spacial score (nSPS) is 10.6. The molecule has 0 amide bonds. The Morgan fingerprint density at radius 3 is 2.17 bits per heavy atom. The van der Waals surface area contributed by atoms with E-state index in [1.807, 2.05) is 0 Å². The quantitative estimate of drug-likeness (QED) is 0.607. The number of halogens is 1. The van der Waals surface area contributed by atoms with Gasteiger partial charge < -0.3 is 4.90 Å². The minimum absolute atomic E-state index is 0.0307. The van der Waals surface area contributed by atoms with Crippen LogP contribution < -0.4 is 0 Å². The number of nitro groups is 2. The van der Waals surface area contributed by atoms with Crippen LogP contribution in [0.25, 0.3) is 6.08 Å². The summed E-state index contributed by atoms with van der Waals surface area (Å²) in [7, 11) is 3.37. The van der Waals surface area contributed by atoms with Gasteiger partial charge in [-0.1, -0.05) is 0 Å². The Bertz CT molecular complexity index is 528. The maximum atomic E-state index is 13.4. The Balaban J connectivity index is 3.38. The summed E-state index contributed by atoms with van der Waals surface area (Å²) in [5.41, 5.74) is -1.46. The second kappa shape index (κ2) is 5.21. The van der Waals surface area contributed by atoms with Gasteiger partial charge in [-0.3, -0.25) is 20.2 Å². The number of nitrogens with zero attached hydrogens (tertiary/aromatic N) is 3. The molecule has 0 saturated heterocycles. The molecule has 0 aliphatic rings. The number of benzene rings is 1. The van der Waals surface area contributed by atoms with Crippen molar-refractivity contribution in [3.63, 3.8) is 0 Å².